The van der Waals surface area contributed by atoms with Gasteiger partial charge in [0.05, 0.1) is 12.2 Å². The van der Waals surface area contributed by atoms with Gasteiger partial charge in [-0.15, -0.1) is 0 Å². The number of carboxylic acids is 1. The van der Waals surface area contributed by atoms with E-state index in [1.54, 1.807) is 6.92 Å². The number of hydrogen-bond acceptors (Lipinski definition) is 4. The van der Waals surface area contributed by atoms with Crippen molar-refractivity contribution >= 4 is 11.9 Å². The van der Waals surface area contributed by atoms with Crippen LogP contribution >= 0.6 is 0 Å². The average Bonchev–Trinajstić information content (AvgIpc) is 2.74. The first kappa shape index (κ1) is 11.6. The molecular formula is C11H14N2O4. The first-order valence-electron chi connectivity index (χ1n) is 5.44. The molecular weight excluding hydrogens is 224 g/mol. The van der Waals surface area contributed by atoms with Crippen LogP contribution < -0.4 is 0 Å². The number of nitrogens with zero attached hydrogens (tertiary/aromatic N) is 2. The molecule has 0 bridgehead atoms. The van der Waals surface area contributed by atoms with E-state index < -0.39 is 12.0 Å². The van der Waals surface area contributed by atoms with Crippen molar-refractivity contribution in [3.8, 4) is 0 Å². The second kappa shape index (κ2) is 4.20. The summed E-state index contributed by atoms with van der Waals surface area (Å²) >= 11 is 0. The Morgan fingerprint density at radius 2 is 2.29 bits per heavy atom. The van der Waals surface area contributed by atoms with Gasteiger partial charge in [-0.3, -0.25) is 4.79 Å². The molecule has 2 heterocycles. The van der Waals surface area contributed by atoms with Crippen LogP contribution in [0.1, 0.15) is 30.2 Å². The Bertz CT molecular complexity index is 447. The lowest BCUT2D eigenvalue weighted by molar-refractivity contribution is -0.146. The fourth-order valence-corrected chi connectivity index (χ4v) is 1.94. The molecule has 6 heteroatoms. The van der Waals surface area contributed by atoms with Gasteiger partial charge < -0.3 is 14.4 Å². The molecule has 92 valence electrons. The molecule has 0 saturated carbocycles. The Balaban J connectivity index is 2.16. The molecule has 1 aliphatic heterocycles. The summed E-state index contributed by atoms with van der Waals surface area (Å²) in [6.45, 7) is 3.72. The molecule has 1 aromatic rings. The van der Waals surface area contributed by atoms with E-state index in [0.29, 0.717) is 18.1 Å². The first-order chi connectivity index (χ1) is 7.99. The van der Waals surface area contributed by atoms with Gasteiger partial charge in [-0.25, -0.2) is 9.78 Å². The quantitative estimate of drug-likeness (QED) is 0.844. The minimum Gasteiger partial charge on any atom is -0.480 e. The summed E-state index contributed by atoms with van der Waals surface area (Å²) in [5.41, 5.74) is 0.763. The molecule has 1 amide bonds. The normalized spacial score (nSPS) is 20.0. The van der Waals surface area contributed by atoms with E-state index in [1.807, 2.05) is 6.92 Å². The van der Waals surface area contributed by atoms with E-state index in [1.165, 1.54) is 4.90 Å². The minimum absolute atomic E-state index is 0.129. The van der Waals surface area contributed by atoms with Crippen LogP contribution in [0.3, 0.4) is 0 Å². The van der Waals surface area contributed by atoms with Crippen molar-refractivity contribution in [1.29, 1.82) is 0 Å². The van der Waals surface area contributed by atoms with Gasteiger partial charge in [0.2, 0.25) is 11.8 Å². The van der Waals surface area contributed by atoms with Crippen molar-refractivity contribution < 1.29 is 19.1 Å². The van der Waals surface area contributed by atoms with Gasteiger partial charge in [0, 0.05) is 6.42 Å². The molecule has 2 rings (SSSR count). The monoisotopic (exact) mass is 238 g/mol. The fourth-order valence-electron chi connectivity index (χ4n) is 1.94. The number of aliphatic carboxylic acids is 1. The molecule has 1 atom stereocenters. The third-order valence-electron chi connectivity index (χ3n) is 2.99. The third-order valence-corrected chi connectivity index (χ3v) is 2.99. The summed E-state index contributed by atoms with van der Waals surface area (Å²) in [7, 11) is 0. The third kappa shape index (κ3) is 2.15. The van der Waals surface area contributed by atoms with E-state index in [4.69, 9.17) is 9.52 Å². The van der Waals surface area contributed by atoms with E-state index >= 15 is 0 Å². The van der Waals surface area contributed by atoms with Crippen molar-refractivity contribution in [2.75, 3.05) is 0 Å². The average molecular weight is 238 g/mol. The van der Waals surface area contributed by atoms with Crippen LogP contribution in [0.5, 0.6) is 0 Å². The fraction of sp³-hybridized carbons (Fsp3) is 0.545. The van der Waals surface area contributed by atoms with Crippen molar-refractivity contribution in [1.82, 2.24) is 9.88 Å². The van der Waals surface area contributed by atoms with Crippen LogP contribution in [0.4, 0.5) is 0 Å². The van der Waals surface area contributed by atoms with Gasteiger partial charge in [-0.05, 0) is 20.3 Å². The summed E-state index contributed by atoms with van der Waals surface area (Å²) in [6, 6.07) is -0.755. The molecule has 0 radical (unpaired) electrons. The number of hydrogen-bond donors (Lipinski definition) is 1. The van der Waals surface area contributed by atoms with Crippen LogP contribution in [0.25, 0.3) is 0 Å². The van der Waals surface area contributed by atoms with Crippen LogP contribution in [-0.4, -0.2) is 32.9 Å². The molecule has 1 aliphatic rings. The summed E-state index contributed by atoms with van der Waals surface area (Å²) in [6.07, 6.45) is 0.627. The highest BCUT2D eigenvalue weighted by Crippen LogP contribution is 2.22. The molecule has 17 heavy (non-hydrogen) atoms. The number of oxazole rings is 1. The number of carbonyl (C=O) groups excluding carboxylic acids is 1. The Hall–Kier alpha value is -1.85. The maximum Gasteiger partial charge on any atom is 0.326 e. The Morgan fingerprint density at radius 1 is 1.59 bits per heavy atom. The summed E-state index contributed by atoms with van der Waals surface area (Å²) in [5.74, 6) is -0.0539. The van der Waals surface area contributed by atoms with E-state index in [-0.39, 0.29) is 18.9 Å². The molecule has 0 aromatic carbocycles. The van der Waals surface area contributed by atoms with Gasteiger partial charge in [0.25, 0.3) is 0 Å². The standard InChI is InChI=1S/C11H14N2O4/c1-6-7(2)17-9(12-6)5-13-8(11(15)16)3-4-10(13)14/h8H,3-5H2,1-2H3,(H,15,16). The molecule has 1 N–H and O–H groups in total. The highest BCUT2D eigenvalue weighted by atomic mass is 16.4. The Morgan fingerprint density at radius 3 is 2.82 bits per heavy atom. The topological polar surface area (TPSA) is 83.6 Å². The van der Waals surface area contributed by atoms with Crippen LogP contribution in [0, 0.1) is 13.8 Å². The molecule has 6 nitrogen and oxygen atoms in total. The lowest BCUT2D eigenvalue weighted by Gasteiger charge is -2.19. The van der Waals surface area contributed by atoms with Crippen LogP contribution in [-0.2, 0) is 16.1 Å². The zero-order valence-electron chi connectivity index (χ0n) is 9.77. The summed E-state index contributed by atoms with van der Waals surface area (Å²) in [4.78, 5) is 28.0. The van der Waals surface area contributed by atoms with Crippen molar-refractivity contribution in [2.45, 2.75) is 39.3 Å². The first-order valence-corrected chi connectivity index (χ1v) is 5.44. The lowest BCUT2D eigenvalue weighted by atomic mass is 10.2. The maximum atomic E-state index is 11.6. The number of rotatable bonds is 3. The zero-order chi connectivity index (χ0) is 12.6. The number of carboxylic acid groups (broad SMARTS) is 1. The van der Waals surface area contributed by atoms with E-state index in [9.17, 15) is 9.59 Å². The number of carbonyl (C=O) groups is 2. The van der Waals surface area contributed by atoms with Crippen LogP contribution in [0.15, 0.2) is 4.42 Å². The molecule has 1 fully saturated rings. The second-order valence-corrected chi connectivity index (χ2v) is 4.16. The maximum absolute atomic E-state index is 11.6. The number of aromatic nitrogens is 1. The Labute approximate surface area is 98.2 Å². The van der Waals surface area contributed by atoms with E-state index in [2.05, 4.69) is 4.98 Å². The highest BCUT2D eigenvalue weighted by Gasteiger charge is 2.36. The largest absolute Gasteiger partial charge is 0.480 e. The van der Waals surface area contributed by atoms with Gasteiger partial charge in [-0.1, -0.05) is 0 Å². The minimum atomic E-state index is -0.976. The SMILES string of the molecule is Cc1nc(CN2C(=O)CCC2C(=O)O)oc1C. The van der Waals surface area contributed by atoms with Gasteiger partial charge in [0.15, 0.2) is 0 Å². The highest BCUT2D eigenvalue weighted by molar-refractivity contribution is 5.87. The zero-order valence-corrected chi connectivity index (χ0v) is 9.77. The summed E-state index contributed by atoms with van der Waals surface area (Å²) in [5, 5.41) is 8.99. The molecule has 0 aliphatic carbocycles. The molecule has 1 saturated heterocycles. The van der Waals surface area contributed by atoms with Crippen molar-refractivity contribution in [3.63, 3.8) is 0 Å². The number of amides is 1. The predicted molar refractivity (Wildman–Crippen MR) is 57.2 cm³/mol. The van der Waals surface area contributed by atoms with Crippen LogP contribution in [0.2, 0.25) is 0 Å². The number of likely N-dealkylation sites (tertiary alicyclic amines) is 1. The van der Waals surface area contributed by atoms with Gasteiger partial charge in [-0.2, -0.15) is 0 Å². The lowest BCUT2D eigenvalue weighted by Crippen LogP contribution is -2.37. The second-order valence-electron chi connectivity index (χ2n) is 4.16. The van der Waals surface area contributed by atoms with Crippen molar-refractivity contribution in [3.05, 3.63) is 17.3 Å². The van der Waals surface area contributed by atoms with Gasteiger partial charge in [0.1, 0.15) is 11.8 Å². The van der Waals surface area contributed by atoms with E-state index in [0.717, 1.165) is 5.69 Å². The smallest absolute Gasteiger partial charge is 0.326 e. The number of aryl methyl sites for hydroxylation is 2. The molecule has 0 spiro atoms. The molecule has 1 aromatic heterocycles. The molecule has 1 unspecified atom stereocenters. The predicted octanol–water partition coefficient (Wildman–Crippen LogP) is 0.867. The van der Waals surface area contributed by atoms with Gasteiger partial charge >= 0.3 is 5.97 Å². The van der Waals surface area contributed by atoms with Crippen molar-refractivity contribution in [2.24, 2.45) is 0 Å². The Kier molecular flexibility index (Phi) is 2.87. The summed E-state index contributed by atoms with van der Waals surface area (Å²) < 4.78 is 5.35.